The molecule has 0 N–H and O–H groups in total. The van der Waals surface area contributed by atoms with Crippen molar-refractivity contribution >= 4 is 5.91 Å². The van der Waals surface area contributed by atoms with E-state index in [4.69, 9.17) is 9.78 Å². The molecule has 2 heterocycles. The van der Waals surface area contributed by atoms with Gasteiger partial charge in [0, 0.05) is 38.8 Å². The number of aromatic nitrogens is 1. The lowest BCUT2D eigenvalue weighted by Crippen LogP contribution is -2.36. The lowest BCUT2D eigenvalue weighted by atomic mass is 10.1. The van der Waals surface area contributed by atoms with Crippen LogP contribution in [0.15, 0.2) is 34.9 Å². The van der Waals surface area contributed by atoms with E-state index < -0.39 is 0 Å². The Bertz CT molecular complexity index is 760. The fourth-order valence-electron chi connectivity index (χ4n) is 3.09. The minimum absolute atomic E-state index is 0.105. The molecule has 25 heavy (non-hydrogen) atoms. The highest BCUT2D eigenvalue weighted by atomic mass is 16.5. The van der Waals surface area contributed by atoms with E-state index in [0.29, 0.717) is 17.7 Å². The lowest BCUT2D eigenvalue weighted by Gasteiger charge is -2.22. The van der Waals surface area contributed by atoms with Gasteiger partial charge in [0.15, 0.2) is 0 Å². The molecule has 0 bridgehead atoms. The Hall–Kier alpha value is -2.65. The molecule has 0 aliphatic carbocycles. The summed E-state index contributed by atoms with van der Waals surface area (Å²) < 4.78 is 5.03. The molecule has 0 radical (unpaired) electrons. The fourth-order valence-corrected chi connectivity index (χ4v) is 3.09. The minimum Gasteiger partial charge on any atom is -0.361 e. The lowest BCUT2D eigenvalue weighted by molar-refractivity contribution is -0.130. The van der Waals surface area contributed by atoms with Crippen LogP contribution in [0, 0.1) is 18.3 Å². The van der Waals surface area contributed by atoms with Crippen LogP contribution in [-0.2, 0) is 17.8 Å². The first-order valence-corrected chi connectivity index (χ1v) is 8.55. The highest BCUT2D eigenvalue weighted by Crippen LogP contribution is 2.12. The molecule has 1 aromatic heterocycles. The highest BCUT2D eigenvalue weighted by molar-refractivity contribution is 5.78. The van der Waals surface area contributed by atoms with Gasteiger partial charge in [-0.15, -0.1) is 0 Å². The monoisotopic (exact) mass is 338 g/mol. The Morgan fingerprint density at radius 3 is 2.72 bits per heavy atom. The third-order valence-corrected chi connectivity index (χ3v) is 4.44. The normalized spacial score (nSPS) is 15.6. The van der Waals surface area contributed by atoms with Gasteiger partial charge in [0.1, 0.15) is 5.76 Å². The Kier molecular flexibility index (Phi) is 5.46. The molecule has 1 aliphatic rings. The Balaban J connectivity index is 1.52. The van der Waals surface area contributed by atoms with Crippen LogP contribution in [0.1, 0.15) is 29.0 Å². The summed E-state index contributed by atoms with van der Waals surface area (Å²) in [7, 11) is 0. The number of nitriles is 1. The fraction of sp³-hybridized carbons (Fsp3) is 0.421. The molecule has 1 aliphatic heterocycles. The second kappa shape index (κ2) is 7.95. The van der Waals surface area contributed by atoms with Gasteiger partial charge in [-0.2, -0.15) is 5.26 Å². The van der Waals surface area contributed by atoms with E-state index in [2.05, 4.69) is 16.1 Å². The predicted octanol–water partition coefficient (Wildman–Crippen LogP) is 2.13. The highest BCUT2D eigenvalue weighted by Gasteiger charge is 2.20. The Morgan fingerprint density at radius 1 is 1.24 bits per heavy atom. The van der Waals surface area contributed by atoms with Crippen LogP contribution in [0.3, 0.4) is 0 Å². The average Bonchev–Trinajstić information content (AvgIpc) is 2.88. The number of carbonyl (C=O) groups excluding carboxylic acids is 1. The standard InChI is InChI=1S/C19H22N4O2/c1-15-11-18(21-25-15)12-19(24)23-8-2-7-22(9-10-23)14-17-5-3-16(13-20)4-6-17/h3-6,11H,2,7-10,12,14H2,1H3. The molecule has 6 nitrogen and oxygen atoms in total. The van der Waals surface area contributed by atoms with E-state index in [1.54, 1.807) is 0 Å². The Labute approximate surface area is 147 Å². The third-order valence-electron chi connectivity index (χ3n) is 4.44. The van der Waals surface area contributed by atoms with E-state index in [-0.39, 0.29) is 5.91 Å². The summed E-state index contributed by atoms with van der Waals surface area (Å²) in [4.78, 5) is 16.7. The van der Waals surface area contributed by atoms with Crippen molar-refractivity contribution in [2.45, 2.75) is 26.3 Å². The van der Waals surface area contributed by atoms with E-state index in [0.717, 1.165) is 44.9 Å². The van der Waals surface area contributed by atoms with Gasteiger partial charge in [-0.05, 0) is 31.0 Å². The molecule has 2 aromatic rings. The maximum Gasteiger partial charge on any atom is 0.228 e. The summed E-state index contributed by atoms with van der Waals surface area (Å²) in [5.41, 5.74) is 2.57. The quantitative estimate of drug-likeness (QED) is 0.854. The number of amides is 1. The molecule has 1 saturated heterocycles. The smallest absolute Gasteiger partial charge is 0.228 e. The average molecular weight is 338 g/mol. The number of hydrogen-bond donors (Lipinski definition) is 0. The van der Waals surface area contributed by atoms with Crippen molar-refractivity contribution in [1.82, 2.24) is 15.0 Å². The van der Waals surface area contributed by atoms with Crippen LogP contribution < -0.4 is 0 Å². The number of aryl methyl sites for hydroxylation is 1. The Morgan fingerprint density at radius 2 is 2.04 bits per heavy atom. The van der Waals surface area contributed by atoms with Crippen LogP contribution in [0.5, 0.6) is 0 Å². The minimum atomic E-state index is 0.105. The first-order valence-electron chi connectivity index (χ1n) is 8.55. The summed E-state index contributed by atoms with van der Waals surface area (Å²) in [6, 6.07) is 11.6. The number of hydrogen-bond acceptors (Lipinski definition) is 5. The first-order chi connectivity index (χ1) is 12.1. The van der Waals surface area contributed by atoms with Crippen LogP contribution >= 0.6 is 0 Å². The zero-order valence-corrected chi connectivity index (χ0v) is 14.4. The molecular formula is C19H22N4O2. The summed E-state index contributed by atoms with van der Waals surface area (Å²) >= 11 is 0. The summed E-state index contributed by atoms with van der Waals surface area (Å²) in [5.74, 6) is 0.834. The molecular weight excluding hydrogens is 316 g/mol. The molecule has 6 heteroatoms. The van der Waals surface area contributed by atoms with Crippen molar-refractivity contribution in [3.63, 3.8) is 0 Å². The molecule has 0 saturated carbocycles. The predicted molar refractivity (Wildman–Crippen MR) is 92.6 cm³/mol. The second-order valence-corrected chi connectivity index (χ2v) is 6.42. The zero-order chi connectivity index (χ0) is 17.6. The van der Waals surface area contributed by atoms with Crippen LogP contribution in [0.2, 0.25) is 0 Å². The van der Waals surface area contributed by atoms with Crippen molar-refractivity contribution in [2.75, 3.05) is 26.2 Å². The number of rotatable bonds is 4. The van der Waals surface area contributed by atoms with Crippen LogP contribution in [0.25, 0.3) is 0 Å². The van der Waals surface area contributed by atoms with Gasteiger partial charge < -0.3 is 9.42 Å². The number of benzene rings is 1. The van der Waals surface area contributed by atoms with Gasteiger partial charge in [-0.3, -0.25) is 9.69 Å². The molecule has 1 amide bonds. The molecule has 1 aromatic carbocycles. The van der Waals surface area contributed by atoms with Crippen molar-refractivity contribution in [3.8, 4) is 6.07 Å². The van der Waals surface area contributed by atoms with Crippen molar-refractivity contribution in [3.05, 3.63) is 52.9 Å². The molecule has 3 rings (SSSR count). The van der Waals surface area contributed by atoms with E-state index >= 15 is 0 Å². The van der Waals surface area contributed by atoms with Crippen molar-refractivity contribution in [2.24, 2.45) is 0 Å². The molecule has 0 spiro atoms. The van der Waals surface area contributed by atoms with E-state index in [1.165, 1.54) is 5.56 Å². The SMILES string of the molecule is Cc1cc(CC(=O)N2CCCN(Cc3ccc(C#N)cc3)CC2)no1. The van der Waals surface area contributed by atoms with Gasteiger partial charge in [-0.25, -0.2) is 0 Å². The third kappa shape index (κ3) is 4.68. The molecule has 0 atom stereocenters. The van der Waals surface area contributed by atoms with Crippen LogP contribution in [0.4, 0.5) is 0 Å². The summed E-state index contributed by atoms with van der Waals surface area (Å²) in [6.07, 6.45) is 1.26. The zero-order valence-electron chi connectivity index (χ0n) is 14.4. The number of nitrogens with zero attached hydrogens (tertiary/aromatic N) is 4. The summed E-state index contributed by atoms with van der Waals surface area (Å²) in [5, 5.41) is 12.8. The largest absolute Gasteiger partial charge is 0.361 e. The second-order valence-electron chi connectivity index (χ2n) is 6.42. The molecule has 0 unspecified atom stereocenters. The molecule has 130 valence electrons. The first kappa shape index (κ1) is 17.2. The molecule has 1 fully saturated rings. The van der Waals surface area contributed by atoms with Gasteiger partial charge in [-0.1, -0.05) is 17.3 Å². The van der Waals surface area contributed by atoms with Crippen LogP contribution in [-0.4, -0.2) is 47.0 Å². The van der Waals surface area contributed by atoms with E-state index in [9.17, 15) is 4.79 Å². The van der Waals surface area contributed by atoms with Gasteiger partial charge in [0.05, 0.1) is 23.7 Å². The van der Waals surface area contributed by atoms with Gasteiger partial charge in [0.25, 0.3) is 0 Å². The summed E-state index contributed by atoms with van der Waals surface area (Å²) in [6.45, 7) is 5.99. The maximum atomic E-state index is 12.5. The van der Waals surface area contributed by atoms with Crippen molar-refractivity contribution < 1.29 is 9.32 Å². The van der Waals surface area contributed by atoms with Crippen molar-refractivity contribution in [1.29, 1.82) is 5.26 Å². The van der Waals surface area contributed by atoms with Gasteiger partial charge >= 0.3 is 0 Å². The number of carbonyl (C=O) groups is 1. The maximum absolute atomic E-state index is 12.5. The van der Waals surface area contributed by atoms with Gasteiger partial charge in [0.2, 0.25) is 5.91 Å². The van der Waals surface area contributed by atoms with E-state index in [1.807, 2.05) is 42.2 Å². The topological polar surface area (TPSA) is 73.4 Å².